The standard InChI is InChI=1S/C21H22ClN3O4S/c22-12-5-7-13(8-6-12)24-19(27)18-14-3-1-2-4-16(14)30-20(18)25-17(26)11-23-15-9-10-29-21(15)28/h5-8,15,23H,1-4,9-11H2,(H,24,27)(H,25,26)/t15-/m0/s1. The quantitative estimate of drug-likeness (QED) is 0.590. The summed E-state index contributed by atoms with van der Waals surface area (Å²) in [6.07, 6.45) is 4.36. The maximum absolute atomic E-state index is 13.1. The molecule has 1 atom stereocenters. The normalized spacial score (nSPS) is 17.9. The number of nitrogens with one attached hydrogen (secondary N) is 3. The van der Waals surface area contributed by atoms with Gasteiger partial charge >= 0.3 is 5.97 Å². The van der Waals surface area contributed by atoms with E-state index in [1.54, 1.807) is 24.3 Å². The van der Waals surface area contributed by atoms with E-state index in [4.69, 9.17) is 16.3 Å². The Morgan fingerprint density at radius 3 is 2.63 bits per heavy atom. The van der Waals surface area contributed by atoms with E-state index >= 15 is 0 Å². The van der Waals surface area contributed by atoms with Crippen molar-refractivity contribution in [1.29, 1.82) is 0 Å². The number of benzene rings is 1. The van der Waals surface area contributed by atoms with Crippen molar-refractivity contribution < 1.29 is 19.1 Å². The molecule has 2 heterocycles. The number of carbonyl (C=O) groups is 3. The van der Waals surface area contributed by atoms with Gasteiger partial charge in [0, 0.05) is 22.0 Å². The van der Waals surface area contributed by atoms with E-state index in [1.165, 1.54) is 11.3 Å². The molecule has 0 unspecified atom stereocenters. The van der Waals surface area contributed by atoms with Crippen LogP contribution in [0.2, 0.25) is 5.02 Å². The number of fused-ring (bicyclic) bond motifs is 1. The Morgan fingerprint density at radius 1 is 1.13 bits per heavy atom. The first-order chi connectivity index (χ1) is 14.5. The summed E-state index contributed by atoms with van der Waals surface area (Å²) in [4.78, 5) is 38.3. The number of amides is 2. The summed E-state index contributed by atoms with van der Waals surface area (Å²) in [6, 6.07) is 6.44. The fourth-order valence-corrected chi connectivity index (χ4v) is 5.12. The summed E-state index contributed by atoms with van der Waals surface area (Å²) in [7, 11) is 0. The van der Waals surface area contributed by atoms with Crippen molar-refractivity contribution in [3.8, 4) is 0 Å². The maximum atomic E-state index is 13.1. The number of thiophene rings is 1. The number of ether oxygens (including phenoxy) is 1. The summed E-state index contributed by atoms with van der Waals surface area (Å²) in [5.41, 5.74) is 2.18. The Labute approximate surface area is 183 Å². The Balaban J connectivity index is 1.50. The highest BCUT2D eigenvalue weighted by molar-refractivity contribution is 7.17. The van der Waals surface area contributed by atoms with E-state index in [1.807, 2.05) is 0 Å². The fraction of sp³-hybridized carbons (Fsp3) is 0.381. The van der Waals surface area contributed by atoms with E-state index in [0.717, 1.165) is 36.1 Å². The molecule has 1 aromatic heterocycles. The lowest BCUT2D eigenvalue weighted by Crippen LogP contribution is -2.38. The van der Waals surface area contributed by atoms with E-state index in [-0.39, 0.29) is 24.3 Å². The molecule has 158 valence electrons. The molecule has 0 bridgehead atoms. The van der Waals surface area contributed by atoms with E-state index in [0.29, 0.717) is 34.3 Å². The number of hydrogen-bond donors (Lipinski definition) is 3. The summed E-state index contributed by atoms with van der Waals surface area (Å²) in [5, 5.41) is 9.82. The molecular weight excluding hydrogens is 426 g/mol. The lowest BCUT2D eigenvalue weighted by Gasteiger charge is -2.13. The van der Waals surface area contributed by atoms with Crippen LogP contribution in [0.5, 0.6) is 0 Å². The lowest BCUT2D eigenvalue weighted by atomic mass is 9.95. The molecule has 1 aliphatic heterocycles. The molecule has 0 saturated carbocycles. The summed E-state index contributed by atoms with van der Waals surface area (Å²) >= 11 is 7.37. The van der Waals surface area contributed by atoms with Gasteiger partial charge in [-0.3, -0.25) is 19.7 Å². The topological polar surface area (TPSA) is 96.5 Å². The van der Waals surface area contributed by atoms with Gasteiger partial charge in [-0.05, 0) is 55.5 Å². The van der Waals surface area contributed by atoms with Crippen LogP contribution in [-0.2, 0) is 27.2 Å². The third kappa shape index (κ3) is 4.66. The molecule has 2 aromatic rings. The van der Waals surface area contributed by atoms with Gasteiger partial charge in [-0.15, -0.1) is 11.3 Å². The van der Waals surface area contributed by atoms with Gasteiger partial charge in [-0.1, -0.05) is 11.6 Å². The van der Waals surface area contributed by atoms with Crippen molar-refractivity contribution in [3.05, 3.63) is 45.3 Å². The lowest BCUT2D eigenvalue weighted by molar-refractivity contribution is -0.139. The monoisotopic (exact) mass is 447 g/mol. The van der Waals surface area contributed by atoms with Crippen molar-refractivity contribution in [2.45, 2.75) is 38.1 Å². The zero-order valence-corrected chi connectivity index (χ0v) is 17.8. The van der Waals surface area contributed by atoms with Gasteiger partial charge in [0.05, 0.1) is 18.7 Å². The van der Waals surface area contributed by atoms with Crippen molar-refractivity contribution >= 4 is 51.4 Å². The summed E-state index contributed by atoms with van der Waals surface area (Å²) < 4.78 is 4.89. The van der Waals surface area contributed by atoms with Crippen LogP contribution in [0.15, 0.2) is 24.3 Å². The number of cyclic esters (lactones) is 1. The molecule has 2 amide bonds. The molecule has 3 N–H and O–H groups in total. The molecule has 7 nitrogen and oxygen atoms in total. The second kappa shape index (κ2) is 9.16. The predicted octanol–water partition coefficient (Wildman–Crippen LogP) is 3.38. The molecule has 4 rings (SSSR count). The molecule has 1 saturated heterocycles. The smallest absolute Gasteiger partial charge is 0.323 e. The Bertz CT molecular complexity index is 973. The SMILES string of the molecule is O=C(CN[C@H]1CCOC1=O)Nc1sc2c(c1C(=O)Nc1ccc(Cl)cc1)CCCC2. The number of halogens is 1. The van der Waals surface area contributed by atoms with Crippen molar-refractivity contribution in [1.82, 2.24) is 5.32 Å². The highest BCUT2D eigenvalue weighted by Crippen LogP contribution is 2.38. The van der Waals surface area contributed by atoms with Crippen LogP contribution < -0.4 is 16.0 Å². The second-order valence-corrected chi connectivity index (χ2v) is 8.86. The van der Waals surface area contributed by atoms with Crippen LogP contribution in [0, 0.1) is 0 Å². The number of anilines is 2. The first-order valence-electron chi connectivity index (χ1n) is 9.92. The second-order valence-electron chi connectivity index (χ2n) is 7.31. The Hall–Kier alpha value is -2.42. The average molecular weight is 448 g/mol. The number of rotatable bonds is 6. The van der Waals surface area contributed by atoms with Crippen molar-refractivity contribution in [3.63, 3.8) is 0 Å². The predicted molar refractivity (Wildman–Crippen MR) is 116 cm³/mol. The number of esters is 1. The molecule has 30 heavy (non-hydrogen) atoms. The largest absolute Gasteiger partial charge is 0.464 e. The third-order valence-electron chi connectivity index (χ3n) is 5.20. The molecule has 1 aromatic carbocycles. The zero-order valence-electron chi connectivity index (χ0n) is 16.3. The average Bonchev–Trinajstić information content (AvgIpc) is 3.30. The van der Waals surface area contributed by atoms with Crippen molar-refractivity contribution in [2.24, 2.45) is 0 Å². The third-order valence-corrected chi connectivity index (χ3v) is 6.66. The van der Waals surface area contributed by atoms with Crippen LogP contribution in [-0.4, -0.2) is 37.0 Å². The first-order valence-corrected chi connectivity index (χ1v) is 11.1. The van der Waals surface area contributed by atoms with Gasteiger partial charge in [0.2, 0.25) is 5.91 Å². The molecule has 1 fully saturated rings. The molecule has 0 spiro atoms. The highest BCUT2D eigenvalue weighted by Gasteiger charge is 2.28. The minimum atomic E-state index is -0.458. The molecule has 1 aliphatic carbocycles. The number of aryl methyl sites for hydroxylation is 1. The molecule has 0 radical (unpaired) electrons. The van der Waals surface area contributed by atoms with Crippen LogP contribution >= 0.6 is 22.9 Å². The van der Waals surface area contributed by atoms with Gasteiger partial charge < -0.3 is 15.4 Å². The number of carbonyl (C=O) groups excluding carboxylic acids is 3. The van der Waals surface area contributed by atoms with Crippen molar-refractivity contribution in [2.75, 3.05) is 23.8 Å². The van der Waals surface area contributed by atoms with Crippen LogP contribution in [0.3, 0.4) is 0 Å². The summed E-state index contributed by atoms with van der Waals surface area (Å²) in [5.74, 6) is -0.884. The minimum absolute atomic E-state index is 0.0272. The van der Waals surface area contributed by atoms with Gasteiger partial charge in [0.25, 0.3) is 5.91 Å². The Morgan fingerprint density at radius 2 is 1.90 bits per heavy atom. The van der Waals surface area contributed by atoms with Crippen LogP contribution in [0.25, 0.3) is 0 Å². The minimum Gasteiger partial charge on any atom is -0.464 e. The zero-order chi connectivity index (χ0) is 21.1. The van der Waals surface area contributed by atoms with Crippen LogP contribution in [0.4, 0.5) is 10.7 Å². The van der Waals surface area contributed by atoms with E-state index < -0.39 is 6.04 Å². The summed E-state index contributed by atoms with van der Waals surface area (Å²) in [6.45, 7) is 0.339. The molecule has 9 heteroatoms. The first kappa shape index (κ1) is 20.8. The number of hydrogen-bond acceptors (Lipinski definition) is 6. The van der Waals surface area contributed by atoms with Gasteiger partial charge in [0.1, 0.15) is 11.0 Å². The molecule has 2 aliphatic rings. The highest BCUT2D eigenvalue weighted by atomic mass is 35.5. The van der Waals surface area contributed by atoms with E-state index in [2.05, 4.69) is 16.0 Å². The van der Waals surface area contributed by atoms with E-state index in [9.17, 15) is 14.4 Å². The van der Waals surface area contributed by atoms with Gasteiger partial charge in [-0.25, -0.2) is 0 Å². The molecular formula is C21H22ClN3O4S. The van der Waals surface area contributed by atoms with Gasteiger partial charge in [0.15, 0.2) is 0 Å². The van der Waals surface area contributed by atoms with Gasteiger partial charge in [-0.2, -0.15) is 0 Å². The Kier molecular flexibility index (Phi) is 6.36. The maximum Gasteiger partial charge on any atom is 0.323 e. The fourth-order valence-electron chi connectivity index (χ4n) is 3.69. The van der Waals surface area contributed by atoms with Crippen LogP contribution in [0.1, 0.15) is 40.1 Å².